The molecule has 1 fully saturated rings. The van der Waals surface area contributed by atoms with Crippen molar-refractivity contribution in [2.75, 3.05) is 27.4 Å². The molecule has 0 bridgehead atoms. The van der Waals surface area contributed by atoms with Gasteiger partial charge < -0.3 is 14.2 Å². The minimum absolute atomic E-state index is 0.113. The van der Waals surface area contributed by atoms with Gasteiger partial charge >= 0.3 is 0 Å². The molecule has 0 spiro atoms. The lowest BCUT2D eigenvalue weighted by Gasteiger charge is -2.14. The number of hydrogen-bond acceptors (Lipinski definition) is 7. The summed E-state index contributed by atoms with van der Waals surface area (Å²) < 4.78 is 16.2. The standard InChI is InChI=1S/C28H25N3O4S/c1-33-16-15-31-27(32)26(36-28(31)30-23-9-13-24(34-2)14-10-23)17-20-7-11-25(12-8-20)35-19-22-6-4-3-5-21(22)18-29/h3-14,17H,15-16,19H2,1-2H3/b26-17-,30-28?. The van der Waals surface area contributed by atoms with Crippen LogP contribution in [0.25, 0.3) is 6.08 Å². The van der Waals surface area contributed by atoms with Gasteiger partial charge in [0.25, 0.3) is 5.91 Å². The van der Waals surface area contributed by atoms with Crippen molar-refractivity contribution in [1.82, 2.24) is 4.90 Å². The van der Waals surface area contributed by atoms with Crippen LogP contribution in [0.2, 0.25) is 0 Å². The van der Waals surface area contributed by atoms with E-state index in [1.165, 1.54) is 11.8 Å². The lowest BCUT2D eigenvalue weighted by Crippen LogP contribution is -2.32. The molecule has 0 aromatic heterocycles. The third-order valence-electron chi connectivity index (χ3n) is 5.41. The summed E-state index contributed by atoms with van der Waals surface area (Å²) >= 11 is 1.33. The number of benzene rings is 3. The number of rotatable bonds is 9. The second kappa shape index (κ2) is 12.1. The van der Waals surface area contributed by atoms with Crippen molar-refractivity contribution in [2.45, 2.75) is 6.61 Å². The topological polar surface area (TPSA) is 84.1 Å². The molecule has 0 N–H and O–H groups in total. The molecule has 0 radical (unpaired) electrons. The maximum Gasteiger partial charge on any atom is 0.266 e. The van der Waals surface area contributed by atoms with Crippen LogP contribution in [0, 0.1) is 11.3 Å². The van der Waals surface area contributed by atoms with Gasteiger partial charge in [0, 0.05) is 12.7 Å². The summed E-state index contributed by atoms with van der Waals surface area (Å²) in [5, 5.41) is 9.83. The first-order valence-corrected chi connectivity index (χ1v) is 12.1. The van der Waals surface area contributed by atoms with Crippen LogP contribution in [-0.2, 0) is 16.1 Å². The van der Waals surface area contributed by atoms with E-state index in [0.717, 1.165) is 22.6 Å². The Kier molecular flexibility index (Phi) is 8.40. The van der Waals surface area contributed by atoms with Crippen LogP contribution >= 0.6 is 11.8 Å². The number of amides is 1. The summed E-state index contributed by atoms with van der Waals surface area (Å²) in [6.45, 7) is 1.12. The van der Waals surface area contributed by atoms with Gasteiger partial charge in [0.05, 0.1) is 42.5 Å². The summed E-state index contributed by atoms with van der Waals surface area (Å²) in [7, 11) is 3.22. The van der Waals surface area contributed by atoms with Gasteiger partial charge in [0.15, 0.2) is 5.17 Å². The zero-order valence-corrected chi connectivity index (χ0v) is 20.8. The number of carbonyl (C=O) groups is 1. The molecular weight excluding hydrogens is 474 g/mol. The van der Waals surface area contributed by atoms with Crippen molar-refractivity contribution >= 4 is 34.6 Å². The molecule has 1 saturated heterocycles. The Balaban J connectivity index is 1.49. The van der Waals surface area contributed by atoms with Crippen LogP contribution in [-0.4, -0.2) is 43.3 Å². The Labute approximate surface area is 214 Å². The predicted molar refractivity (Wildman–Crippen MR) is 141 cm³/mol. The van der Waals surface area contributed by atoms with E-state index in [1.807, 2.05) is 72.8 Å². The molecule has 1 amide bonds. The van der Waals surface area contributed by atoms with E-state index < -0.39 is 0 Å². The van der Waals surface area contributed by atoms with Crippen molar-refractivity contribution in [1.29, 1.82) is 5.26 Å². The highest BCUT2D eigenvalue weighted by molar-refractivity contribution is 8.18. The van der Waals surface area contributed by atoms with E-state index in [1.54, 1.807) is 25.2 Å². The van der Waals surface area contributed by atoms with Crippen molar-refractivity contribution in [2.24, 2.45) is 4.99 Å². The molecule has 182 valence electrons. The fourth-order valence-electron chi connectivity index (χ4n) is 3.47. The van der Waals surface area contributed by atoms with Crippen molar-refractivity contribution in [3.8, 4) is 17.6 Å². The SMILES string of the molecule is COCCN1C(=O)/C(=C/c2ccc(OCc3ccccc3C#N)cc2)SC1=Nc1ccc(OC)cc1. The second-order valence-electron chi connectivity index (χ2n) is 7.78. The summed E-state index contributed by atoms with van der Waals surface area (Å²) in [5.74, 6) is 1.31. The number of carbonyl (C=O) groups excluding carboxylic acids is 1. The molecule has 8 heteroatoms. The fraction of sp³-hybridized carbons (Fsp3) is 0.179. The monoisotopic (exact) mass is 499 g/mol. The van der Waals surface area contributed by atoms with E-state index in [4.69, 9.17) is 14.2 Å². The lowest BCUT2D eigenvalue weighted by molar-refractivity contribution is -0.122. The summed E-state index contributed by atoms with van der Waals surface area (Å²) in [6, 6.07) is 24.4. The Hall–Kier alpha value is -4.06. The number of methoxy groups -OCH3 is 2. The lowest BCUT2D eigenvalue weighted by atomic mass is 10.1. The van der Waals surface area contributed by atoms with E-state index in [9.17, 15) is 10.1 Å². The van der Waals surface area contributed by atoms with Crippen LogP contribution in [0.1, 0.15) is 16.7 Å². The van der Waals surface area contributed by atoms with E-state index in [-0.39, 0.29) is 5.91 Å². The van der Waals surface area contributed by atoms with Crippen LogP contribution in [0.3, 0.4) is 0 Å². The smallest absolute Gasteiger partial charge is 0.266 e. The van der Waals surface area contributed by atoms with Gasteiger partial charge in [0.1, 0.15) is 18.1 Å². The van der Waals surface area contributed by atoms with Gasteiger partial charge in [-0.05, 0) is 65.9 Å². The van der Waals surface area contributed by atoms with Gasteiger partial charge in [-0.15, -0.1) is 0 Å². The van der Waals surface area contributed by atoms with E-state index in [2.05, 4.69) is 11.1 Å². The highest BCUT2D eigenvalue weighted by Crippen LogP contribution is 2.34. The Bertz CT molecular complexity index is 1310. The zero-order chi connectivity index (χ0) is 25.3. The quantitative estimate of drug-likeness (QED) is 0.367. The van der Waals surface area contributed by atoms with Crippen LogP contribution < -0.4 is 9.47 Å². The molecule has 36 heavy (non-hydrogen) atoms. The third kappa shape index (κ3) is 6.13. The average Bonchev–Trinajstić information content (AvgIpc) is 3.20. The van der Waals surface area contributed by atoms with Crippen molar-refractivity contribution in [3.63, 3.8) is 0 Å². The number of ether oxygens (including phenoxy) is 3. The molecule has 0 aliphatic carbocycles. The Morgan fingerprint density at radius 1 is 1.00 bits per heavy atom. The first-order valence-electron chi connectivity index (χ1n) is 11.2. The Morgan fingerprint density at radius 3 is 2.42 bits per heavy atom. The molecule has 3 aromatic rings. The van der Waals surface area contributed by atoms with Gasteiger partial charge in [-0.2, -0.15) is 5.26 Å². The van der Waals surface area contributed by atoms with Crippen LogP contribution in [0.4, 0.5) is 5.69 Å². The van der Waals surface area contributed by atoms with E-state index >= 15 is 0 Å². The normalized spacial score (nSPS) is 15.4. The molecular formula is C28H25N3O4S. The first kappa shape index (κ1) is 25.0. The maximum absolute atomic E-state index is 13.1. The van der Waals surface area contributed by atoms with Gasteiger partial charge in [-0.1, -0.05) is 30.3 Å². The number of nitrogens with zero attached hydrogens (tertiary/aromatic N) is 3. The highest BCUT2D eigenvalue weighted by atomic mass is 32.2. The first-order chi connectivity index (χ1) is 17.6. The van der Waals surface area contributed by atoms with Gasteiger partial charge in [-0.3, -0.25) is 9.69 Å². The number of amidine groups is 1. The van der Waals surface area contributed by atoms with E-state index in [0.29, 0.717) is 41.1 Å². The number of thioether (sulfide) groups is 1. The van der Waals surface area contributed by atoms with Crippen LogP contribution in [0.15, 0.2) is 82.7 Å². The Morgan fingerprint density at radius 2 is 1.72 bits per heavy atom. The molecule has 1 aliphatic rings. The summed E-state index contributed by atoms with van der Waals surface area (Å²) in [4.78, 5) is 20.0. The number of nitriles is 1. The zero-order valence-electron chi connectivity index (χ0n) is 20.0. The molecule has 0 unspecified atom stereocenters. The molecule has 0 saturated carbocycles. The fourth-order valence-corrected chi connectivity index (χ4v) is 4.49. The largest absolute Gasteiger partial charge is 0.497 e. The molecule has 0 atom stereocenters. The van der Waals surface area contributed by atoms with Crippen LogP contribution in [0.5, 0.6) is 11.5 Å². The highest BCUT2D eigenvalue weighted by Gasteiger charge is 2.33. The molecule has 7 nitrogen and oxygen atoms in total. The van der Waals surface area contributed by atoms with Crippen molar-refractivity contribution in [3.05, 3.63) is 94.4 Å². The maximum atomic E-state index is 13.1. The second-order valence-corrected chi connectivity index (χ2v) is 8.79. The van der Waals surface area contributed by atoms with Gasteiger partial charge in [0.2, 0.25) is 0 Å². The molecule has 4 rings (SSSR count). The average molecular weight is 500 g/mol. The molecule has 1 aliphatic heterocycles. The predicted octanol–water partition coefficient (Wildman–Crippen LogP) is 5.40. The summed E-state index contributed by atoms with van der Waals surface area (Å²) in [5.41, 5.74) is 3.03. The number of hydrogen-bond donors (Lipinski definition) is 0. The minimum atomic E-state index is -0.113. The third-order valence-corrected chi connectivity index (χ3v) is 6.42. The molecule has 1 heterocycles. The van der Waals surface area contributed by atoms with Gasteiger partial charge in [-0.25, -0.2) is 4.99 Å². The minimum Gasteiger partial charge on any atom is -0.497 e. The summed E-state index contributed by atoms with van der Waals surface area (Å²) in [6.07, 6.45) is 1.85. The molecule has 3 aromatic carbocycles. The number of aliphatic imine (C=N–C) groups is 1. The van der Waals surface area contributed by atoms with Crippen molar-refractivity contribution < 1.29 is 19.0 Å².